The number of benzene rings is 2. The van der Waals surface area contributed by atoms with Crippen molar-refractivity contribution in [3.8, 4) is 17.0 Å². The van der Waals surface area contributed by atoms with E-state index in [9.17, 15) is 5.11 Å². The zero-order valence-corrected chi connectivity index (χ0v) is 10.2. The summed E-state index contributed by atoms with van der Waals surface area (Å²) in [4.78, 5) is 3.17. The molecule has 1 aromatic heterocycles. The normalized spacial score (nSPS) is 10.0. The fraction of sp³-hybridized carbons (Fsp3) is 0. The van der Waals surface area contributed by atoms with Crippen LogP contribution in [-0.4, -0.2) is 0 Å². The van der Waals surface area contributed by atoms with Crippen LogP contribution in [0.1, 0.15) is 0 Å². The largest absolute Gasteiger partial charge is 1.00 e. The van der Waals surface area contributed by atoms with Gasteiger partial charge in [0.2, 0.25) is 5.69 Å². The van der Waals surface area contributed by atoms with Crippen molar-refractivity contribution in [2.75, 3.05) is 0 Å². The zero-order chi connectivity index (χ0) is 11.7. The first kappa shape index (κ1) is 12.7. The standard InChI is InChI=1S/C15H11NO.Li/c17-14-8-4-3-7-13(14)15-12-6-2-1-5-11(12)9-10-16-15;/h1-10,17H;/q;+1. The van der Waals surface area contributed by atoms with E-state index >= 15 is 0 Å². The molecule has 0 radical (unpaired) electrons. The van der Waals surface area contributed by atoms with E-state index in [-0.39, 0.29) is 24.6 Å². The second-order valence-corrected chi connectivity index (χ2v) is 3.94. The van der Waals surface area contributed by atoms with Gasteiger partial charge in [-0.05, 0) is 17.5 Å². The Kier molecular flexibility index (Phi) is 3.71. The minimum atomic E-state index is 0. The molecule has 3 heteroatoms. The van der Waals surface area contributed by atoms with E-state index < -0.39 is 0 Å². The van der Waals surface area contributed by atoms with Crippen LogP contribution in [0.5, 0.6) is 5.75 Å². The van der Waals surface area contributed by atoms with Gasteiger partial charge in [0.25, 0.3) is 0 Å². The molecule has 0 aliphatic carbocycles. The van der Waals surface area contributed by atoms with E-state index in [4.69, 9.17) is 0 Å². The monoisotopic (exact) mass is 228 g/mol. The molecular weight excluding hydrogens is 217 g/mol. The molecule has 0 bridgehead atoms. The number of hydrogen-bond donors (Lipinski definition) is 0. The van der Waals surface area contributed by atoms with Crippen molar-refractivity contribution in [1.29, 1.82) is 0 Å². The van der Waals surface area contributed by atoms with Crippen LogP contribution < -0.4 is 29.0 Å². The Morgan fingerprint density at radius 1 is 0.833 bits per heavy atom. The average molecular weight is 228 g/mol. The molecule has 82 valence electrons. The number of aromatic nitrogens is 1. The van der Waals surface area contributed by atoms with E-state index in [0.717, 1.165) is 16.5 Å². The third-order valence-corrected chi connectivity index (χ3v) is 2.88. The molecule has 0 saturated carbocycles. The van der Waals surface area contributed by atoms with Crippen LogP contribution in [0, 0.1) is 0 Å². The van der Waals surface area contributed by atoms with Gasteiger partial charge < -0.3 is 5.11 Å². The average Bonchev–Trinajstić information content (AvgIpc) is 2.39. The van der Waals surface area contributed by atoms with E-state index in [1.807, 2.05) is 48.7 Å². The van der Waals surface area contributed by atoms with Gasteiger partial charge in [0.15, 0.2) is 6.20 Å². The van der Waals surface area contributed by atoms with Crippen molar-refractivity contribution in [1.82, 2.24) is 0 Å². The maximum atomic E-state index is 11.8. The van der Waals surface area contributed by atoms with Gasteiger partial charge in [0, 0.05) is 11.6 Å². The molecule has 1 N–H and O–H groups in total. The minimum Gasteiger partial charge on any atom is -0.872 e. The summed E-state index contributed by atoms with van der Waals surface area (Å²) < 4.78 is 0. The van der Waals surface area contributed by atoms with Crippen LogP contribution in [0.15, 0.2) is 60.8 Å². The Morgan fingerprint density at radius 2 is 1.56 bits per heavy atom. The summed E-state index contributed by atoms with van der Waals surface area (Å²) in [6.07, 6.45) is 1.87. The summed E-state index contributed by atoms with van der Waals surface area (Å²) >= 11 is 0. The number of hydrogen-bond acceptors (Lipinski definition) is 1. The van der Waals surface area contributed by atoms with Gasteiger partial charge in [-0.15, -0.1) is 0 Å². The smallest absolute Gasteiger partial charge is 0.872 e. The van der Waals surface area contributed by atoms with Crippen molar-refractivity contribution in [3.63, 3.8) is 0 Å². The third kappa shape index (κ3) is 2.13. The van der Waals surface area contributed by atoms with Crippen LogP contribution in [0.25, 0.3) is 22.0 Å². The summed E-state index contributed by atoms with van der Waals surface area (Å²) in [5.74, 6) is 0.0418. The quantitative estimate of drug-likeness (QED) is 0.512. The molecule has 18 heavy (non-hydrogen) atoms. The molecule has 0 aliphatic heterocycles. The Labute approximate surface area is 117 Å². The van der Waals surface area contributed by atoms with Crippen LogP contribution >= 0.6 is 0 Å². The fourth-order valence-corrected chi connectivity index (χ4v) is 2.06. The Balaban J connectivity index is 0.00000120. The van der Waals surface area contributed by atoms with Gasteiger partial charge in [-0.2, -0.15) is 0 Å². The Hall–Kier alpha value is -1.75. The summed E-state index contributed by atoms with van der Waals surface area (Å²) in [6.45, 7) is 0. The summed E-state index contributed by atoms with van der Waals surface area (Å²) in [6, 6.07) is 17.1. The van der Waals surface area contributed by atoms with Crippen LogP contribution in [0.4, 0.5) is 0 Å². The maximum absolute atomic E-state index is 11.8. The summed E-state index contributed by atoms with van der Waals surface area (Å²) in [5, 5.41) is 14.0. The third-order valence-electron chi connectivity index (χ3n) is 2.88. The van der Waals surface area contributed by atoms with E-state index in [2.05, 4.69) is 4.98 Å². The number of H-pyrrole nitrogens is 1. The Bertz CT molecular complexity index is 677. The molecule has 0 unspecified atom stereocenters. The van der Waals surface area contributed by atoms with Crippen LogP contribution in [-0.2, 0) is 0 Å². The molecule has 2 nitrogen and oxygen atoms in total. The second-order valence-electron chi connectivity index (χ2n) is 3.94. The second kappa shape index (κ2) is 5.26. The maximum Gasteiger partial charge on any atom is 1.00 e. The molecule has 0 spiro atoms. The van der Waals surface area contributed by atoms with E-state index in [0.29, 0.717) is 5.56 Å². The van der Waals surface area contributed by atoms with Gasteiger partial charge in [0.05, 0.1) is 5.39 Å². The number of rotatable bonds is 1. The molecule has 2 aromatic carbocycles. The first-order chi connectivity index (χ1) is 8.36. The van der Waals surface area contributed by atoms with Crippen molar-refractivity contribution < 1.29 is 29.0 Å². The molecule has 0 amide bonds. The first-order valence-electron chi connectivity index (χ1n) is 5.52. The summed E-state index contributed by atoms with van der Waals surface area (Å²) in [7, 11) is 0. The van der Waals surface area contributed by atoms with Gasteiger partial charge in [0.1, 0.15) is 0 Å². The van der Waals surface area contributed by atoms with Crippen molar-refractivity contribution in [3.05, 3.63) is 60.8 Å². The number of nitrogens with one attached hydrogen (secondary N) is 1. The van der Waals surface area contributed by atoms with Gasteiger partial charge in [-0.25, -0.2) is 4.98 Å². The van der Waals surface area contributed by atoms with Gasteiger partial charge >= 0.3 is 18.9 Å². The van der Waals surface area contributed by atoms with E-state index in [1.54, 1.807) is 12.1 Å². The molecule has 0 atom stereocenters. The number of pyridine rings is 1. The summed E-state index contributed by atoms with van der Waals surface area (Å²) in [5.41, 5.74) is 1.60. The van der Waals surface area contributed by atoms with Crippen molar-refractivity contribution in [2.24, 2.45) is 0 Å². The SMILES string of the molecule is [Li+].[O-]c1ccccc1-c1[nH+]ccc2ccccc12. The zero-order valence-electron chi connectivity index (χ0n) is 10.2. The van der Waals surface area contributed by atoms with Crippen molar-refractivity contribution in [2.45, 2.75) is 0 Å². The molecule has 0 aliphatic rings. The van der Waals surface area contributed by atoms with Gasteiger partial charge in [-0.1, -0.05) is 42.1 Å². The molecule has 1 heterocycles. The molecule has 3 aromatic rings. The number of para-hydroxylation sites is 1. The van der Waals surface area contributed by atoms with Crippen molar-refractivity contribution >= 4 is 10.8 Å². The van der Waals surface area contributed by atoms with Crippen LogP contribution in [0.3, 0.4) is 0 Å². The fourth-order valence-electron chi connectivity index (χ4n) is 2.06. The van der Waals surface area contributed by atoms with Gasteiger partial charge in [-0.3, -0.25) is 0 Å². The molecule has 3 rings (SSSR count). The molecular formula is C15H11LiNO+. The number of fused-ring (bicyclic) bond motifs is 1. The van der Waals surface area contributed by atoms with E-state index in [1.165, 1.54) is 0 Å². The minimum absolute atomic E-state index is 0. The predicted octanol–water partition coefficient (Wildman–Crippen LogP) is -0.601. The molecule has 0 fully saturated rings. The molecule has 0 saturated heterocycles. The first-order valence-corrected chi connectivity index (χ1v) is 5.52. The number of aromatic amines is 1. The Morgan fingerprint density at radius 3 is 2.39 bits per heavy atom. The predicted molar refractivity (Wildman–Crippen MR) is 65.4 cm³/mol. The van der Waals surface area contributed by atoms with Crippen LogP contribution in [0.2, 0.25) is 0 Å². The topological polar surface area (TPSA) is 37.2 Å².